The molecule has 0 aliphatic heterocycles. The van der Waals surface area contributed by atoms with Gasteiger partial charge in [-0.2, -0.15) is 0 Å². The second-order valence-corrected chi connectivity index (χ2v) is 5.96. The lowest BCUT2D eigenvalue weighted by molar-refractivity contribution is -0.146. The van der Waals surface area contributed by atoms with Gasteiger partial charge in [-0.25, -0.2) is 4.79 Å². The first kappa shape index (κ1) is 15.0. The molecular weight excluding hydrogens is 322 g/mol. The van der Waals surface area contributed by atoms with Crippen LogP contribution in [0.15, 0.2) is 28.7 Å². The predicted octanol–water partition coefficient (Wildman–Crippen LogP) is 2.45. The SMILES string of the molecule is COC(=O)[C@H](Cc1ccc(Br)cc1)NC(=O)C1CCC1. The van der Waals surface area contributed by atoms with Crippen LogP contribution in [0.2, 0.25) is 0 Å². The molecule has 2 rings (SSSR count). The smallest absolute Gasteiger partial charge is 0.328 e. The molecule has 0 aromatic heterocycles. The summed E-state index contributed by atoms with van der Waals surface area (Å²) in [5.41, 5.74) is 0.984. The van der Waals surface area contributed by atoms with Crippen LogP contribution in [-0.4, -0.2) is 25.0 Å². The van der Waals surface area contributed by atoms with Crippen molar-refractivity contribution in [1.82, 2.24) is 5.32 Å². The van der Waals surface area contributed by atoms with Gasteiger partial charge in [0, 0.05) is 16.8 Å². The van der Waals surface area contributed by atoms with Crippen molar-refractivity contribution in [3.05, 3.63) is 34.3 Å². The molecule has 1 aliphatic carbocycles. The van der Waals surface area contributed by atoms with Crippen molar-refractivity contribution in [3.63, 3.8) is 0 Å². The largest absolute Gasteiger partial charge is 0.467 e. The van der Waals surface area contributed by atoms with Gasteiger partial charge in [-0.3, -0.25) is 4.79 Å². The molecule has 0 bridgehead atoms. The lowest BCUT2D eigenvalue weighted by atomic mass is 9.84. The highest BCUT2D eigenvalue weighted by Crippen LogP contribution is 2.26. The maximum absolute atomic E-state index is 12.0. The van der Waals surface area contributed by atoms with Gasteiger partial charge in [-0.15, -0.1) is 0 Å². The molecule has 1 fully saturated rings. The summed E-state index contributed by atoms with van der Waals surface area (Å²) in [6, 6.07) is 7.06. The van der Waals surface area contributed by atoms with E-state index < -0.39 is 12.0 Å². The van der Waals surface area contributed by atoms with Crippen LogP contribution in [0.3, 0.4) is 0 Å². The van der Waals surface area contributed by atoms with E-state index in [4.69, 9.17) is 4.74 Å². The molecule has 0 unspecified atom stereocenters. The first-order valence-corrected chi connectivity index (χ1v) is 7.52. The van der Waals surface area contributed by atoms with Crippen molar-refractivity contribution in [2.75, 3.05) is 7.11 Å². The quantitative estimate of drug-likeness (QED) is 0.838. The average Bonchev–Trinajstić information content (AvgIpc) is 2.37. The summed E-state index contributed by atoms with van der Waals surface area (Å²) in [6.07, 6.45) is 3.36. The van der Waals surface area contributed by atoms with Crippen LogP contribution >= 0.6 is 15.9 Å². The first-order valence-electron chi connectivity index (χ1n) is 6.73. The minimum Gasteiger partial charge on any atom is -0.467 e. The summed E-state index contributed by atoms with van der Waals surface area (Å²) in [4.78, 5) is 23.8. The third-order valence-electron chi connectivity index (χ3n) is 3.63. The summed E-state index contributed by atoms with van der Waals surface area (Å²) in [5.74, 6) is -0.378. The molecule has 1 amide bonds. The topological polar surface area (TPSA) is 55.4 Å². The van der Waals surface area contributed by atoms with Crippen LogP contribution in [0.4, 0.5) is 0 Å². The van der Waals surface area contributed by atoms with Gasteiger partial charge in [-0.05, 0) is 30.5 Å². The Morgan fingerprint density at radius 1 is 1.35 bits per heavy atom. The predicted molar refractivity (Wildman–Crippen MR) is 79.1 cm³/mol. The molecule has 4 nitrogen and oxygen atoms in total. The number of methoxy groups -OCH3 is 1. The zero-order chi connectivity index (χ0) is 14.5. The Kier molecular flexibility index (Phi) is 5.17. The van der Waals surface area contributed by atoms with Gasteiger partial charge in [0.1, 0.15) is 6.04 Å². The number of carbonyl (C=O) groups is 2. The lowest BCUT2D eigenvalue weighted by Crippen LogP contribution is -2.46. The molecule has 1 aromatic carbocycles. The number of ether oxygens (including phenoxy) is 1. The summed E-state index contributed by atoms with van der Waals surface area (Å²) < 4.78 is 5.76. The van der Waals surface area contributed by atoms with E-state index in [1.54, 1.807) is 0 Å². The second kappa shape index (κ2) is 6.88. The molecule has 0 saturated heterocycles. The Morgan fingerprint density at radius 2 is 2.00 bits per heavy atom. The number of amides is 1. The minimum absolute atomic E-state index is 0.0382. The molecule has 0 radical (unpaired) electrons. The average molecular weight is 340 g/mol. The maximum Gasteiger partial charge on any atom is 0.328 e. The molecule has 0 heterocycles. The number of rotatable bonds is 5. The molecule has 1 aliphatic rings. The van der Waals surface area contributed by atoms with Gasteiger partial charge in [-0.1, -0.05) is 34.5 Å². The molecule has 1 atom stereocenters. The van der Waals surface area contributed by atoms with Gasteiger partial charge < -0.3 is 10.1 Å². The number of esters is 1. The minimum atomic E-state index is -0.616. The van der Waals surface area contributed by atoms with Crippen molar-refractivity contribution in [3.8, 4) is 0 Å². The van der Waals surface area contributed by atoms with E-state index in [9.17, 15) is 9.59 Å². The lowest BCUT2D eigenvalue weighted by Gasteiger charge is -2.26. The zero-order valence-corrected chi connectivity index (χ0v) is 13.0. The number of halogens is 1. The van der Waals surface area contributed by atoms with E-state index in [0.717, 1.165) is 29.3 Å². The molecular formula is C15H18BrNO3. The molecule has 5 heteroatoms. The van der Waals surface area contributed by atoms with Crippen LogP contribution in [0.25, 0.3) is 0 Å². The molecule has 1 aromatic rings. The van der Waals surface area contributed by atoms with Crippen LogP contribution in [-0.2, 0) is 20.7 Å². The number of carbonyl (C=O) groups excluding carboxylic acids is 2. The van der Waals surface area contributed by atoms with Crippen LogP contribution in [0, 0.1) is 5.92 Å². The molecule has 1 N–H and O–H groups in total. The van der Waals surface area contributed by atoms with Gasteiger partial charge >= 0.3 is 5.97 Å². The summed E-state index contributed by atoms with van der Waals surface area (Å²) in [6.45, 7) is 0. The van der Waals surface area contributed by atoms with Crippen molar-refractivity contribution in [2.45, 2.75) is 31.7 Å². The van der Waals surface area contributed by atoms with E-state index >= 15 is 0 Å². The maximum atomic E-state index is 12.0. The highest BCUT2D eigenvalue weighted by atomic mass is 79.9. The van der Waals surface area contributed by atoms with Crippen molar-refractivity contribution < 1.29 is 14.3 Å². The third-order valence-corrected chi connectivity index (χ3v) is 4.16. The van der Waals surface area contributed by atoms with E-state index in [-0.39, 0.29) is 11.8 Å². The fourth-order valence-electron chi connectivity index (χ4n) is 2.15. The number of hydrogen-bond acceptors (Lipinski definition) is 3. The number of nitrogens with one attached hydrogen (secondary N) is 1. The summed E-state index contributed by atoms with van der Waals surface area (Å²) in [7, 11) is 1.34. The summed E-state index contributed by atoms with van der Waals surface area (Å²) >= 11 is 3.37. The fraction of sp³-hybridized carbons (Fsp3) is 0.467. The Labute approximate surface area is 127 Å². The zero-order valence-electron chi connectivity index (χ0n) is 11.4. The standard InChI is InChI=1S/C15H18BrNO3/c1-20-15(19)13(17-14(18)11-3-2-4-11)9-10-5-7-12(16)8-6-10/h5-8,11,13H,2-4,9H2,1H3,(H,17,18)/t13-/m0/s1. The monoisotopic (exact) mass is 339 g/mol. The Bertz CT molecular complexity index is 482. The van der Waals surface area contributed by atoms with E-state index in [1.807, 2.05) is 24.3 Å². The normalized spacial score (nSPS) is 16.1. The molecule has 1 saturated carbocycles. The van der Waals surface area contributed by atoms with E-state index in [2.05, 4.69) is 21.2 Å². The second-order valence-electron chi connectivity index (χ2n) is 5.04. The van der Waals surface area contributed by atoms with Crippen molar-refractivity contribution in [2.24, 2.45) is 5.92 Å². The fourth-order valence-corrected chi connectivity index (χ4v) is 2.42. The molecule has 108 valence electrons. The van der Waals surface area contributed by atoms with Crippen LogP contribution in [0.1, 0.15) is 24.8 Å². The summed E-state index contributed by atoms with van der Waals surface area (Å²) in [5, 5.41) is 2.81. The van der Waals surface area contributed by atoms with Gasteiger partial charge in [0.15, 0.2) is 0 Å². The van der Waals surface area contributed by atoms with E-state index in [1.165, 1.54) is 7.11 Å². The van der Waals surface area contributed by atoms with Crippen molar-refractivity contribution in [1.29, 1.82) is 0 Å². The van der Waals surface area contributed by atoms with Crippen molar-refractivity contribution >= 4 is 27.8 Å². The highest BCUT2D eigenvalue weighted by Gasteiger charge is 2.29. The molecule has 0 spiro atoms. The van der Waals surface area contributed by atoms with Gasteiger partial charge in [0.05, 0.1) is 7.11 Å². The Hall–Kier alpha value is -1.36. The first-order chi connectivity index (χ1) is 9.60. The molecule has 20 heavy (non-hydrogen) atoms. The Balaban J connectivity index is 2.01. The number of hydrogen-bond donors (Lipinski definition) is 1. The highest BCUT2D eigenvalue weighted by molar-refractivity contribution is 9.10. The number of benzene rings is 1. The third kappa shape index (κ3) is 3.82. The van der Waals surface area contributed by atoms with E-state index in [0.29, 0.717) is 6.42 Å². The van der Waals surface area contributed by atoms with Gasteiger partial charge in [0.2, 0.25) is 5.91 Å². The van der Waals surface area contributed by atoms with Crippen LogP contribution in [0.5, 0.6) is 0 Å². The van der Waals surface area contributed by atoms with Gasteiger partial charge in [0.25, 0.3) is 0 Å². The Morgan fingerprint density at radius 3 is 2.50 bits per heavy atom. The van der Waals surface area contributed by atoms with Crippen LogP contribution < -0.4 is 5.32 Å².